The molecule has 1 saturated carbocycles. The number of carbonyl (C=O) groups is 4. The number of halogens is 1. The molecule has 5 rings (SSSR count). The molecule has 4 amide bonds. The van der Waals surface area contributed by atoms with E-state index in [-0.39, 0.29) is 47.9 Å². The zero-order valence-corrected chi connectivity index (χ0v) is 21.7. The molecule has 1 aromatic rings. The lowest BCUT2D eigenvalue weighted by Crippen LogP contribution is -2.52. The van der Waals surface area contributed by atoms with Crippen LogP contribution >= 0.6 is 0 Å². The zero-order valence-electron chi connectivity index (χ0n) is 21.7. The Morgan fingerprint density at radius 1 is 1.11 bits per heavy atom. The lowest BCUT2D eigenvalue weighted by molar-refractivity contribution is -0.136. The number of hydrogen-bond donors (Lipinski definition) is 1. The minimum absolute atomic E-state index is 0.00949. The second-order valence-corrected chi connectivity index (χ2v) is 11.7. The summed E-state index contributed by atoms with van der Waals surface area (Å²) in [4.78, 5) is 53.0. The Morgan fingerprint density at radius 3 is 2.49 bits per heavy atom. The van der Waals surface area contributed by atoms with Gasteiger partial charge in [-0.05, 0) is 51.7 Å². The van der Waals surface area contributed by atoms with Crippen molar-refractivity contribution in [1.29, 1.82) is 0 Å². The van der Waals surface area contributed by atoms with Crippen LogP contribution in [0.15, 0.2) is 18.2 Å². The molecule has 3 aliphatic heterocycles. The number of rotatable bonds is 2. The molecule has 1 unspecified atom stereocenters. The second-order valence-electron chi connectivity index (χ2n) is 11.7. The molecule has 8 nitrogen and oxygen atoms in total. The standard InChI is InChI=1S/C28H34FN3O5/c1-27(2,3)37-26(36)31-14-11-20(28(16-31)12-5-4-6-13-28)18-8-7-17-19(23(18)29)15-32(25(17)35)21-9-10-22(33)30-24(21)34/h7-8,11,21H,4-6,9-10,12-16H2,1-3H3,(H,30,33,34). The van der Waals surface area contributed by atoms with Crippen molar-refractivity contribution in [1.82, 2.24) is 15.1 Å². The van der Waals surface area contributed by atoms with Crippen molar-refractivity contribution in [2.75, 3.05) is 13.1 Å². The highest BCUT2D eigenvalue weighted by Gasteiger charge is 2.45. The van der Waals surface area contributed by atoms with Crippen LogP contribution in [0, 0.1) is 11.2 Å². The lowest BCUT2D eigenvalue weighted by atomic mass is 9.65. The maximum Gasteiger partial charge on any atom is 0.410 e. The highest BCUT2D eigenvalue weighted by atomic mass is 19.1. The molecule has 4 aliphatic rings. The molecule has 37 heavy (non-hydrogen) atoms. The van der Waals surface area contributed by atoms with Crippen molar-refractivity contribution < 1.29 is 28.3 Å². The highest BCUT2D eigenvalue weighted by molar-refractivity contribution is 6.05. The second kappa shape index (κ2) is 9.26. The molecular weight excluding hydrogens is 477 g/mol. The number of imide groups is 1. The summed E-state index contributed by atoms with van der Waals surface area (Å²) in [7, 11) is 0. The van der Waals surface area contributed by atoms with Crippen LogP contribution in [0.5, 0.6) is 0 Å². The smallest absolute Gasteiger partial charge is 0.410 e. The van der Waals surface area contributed by atoms with E-state index in [0.717, 1.165) is 37.7 Å². The molecule has 1 N–H and O–H groups in total. The molecule has 1 aromatic carbocycles. The van der Waals surface area contributed by atoms with Gasteiger partial charge in [-0.1, -0.05) is 31.4 Å². The van der Waals surface area contributed by atoms with Gasteiger partial charge < -0.3 is 14.5 Å². The maximum atomic E-state index is 16.2. The van der Waals surface area contributed by atoms with E-state index in [1.165, 1.54) is 4.90 Å². The fourth-order valence-corrected chi connectivity index (χ4v) is 6.26. The van der Waals surface area contributed by atoms with Crippen LogP contribution in [0.4, 0.5) is 9.18 Å². The number of nitrogens with zero attached hydrogens (tertiary/aromatic N) is 2. The van der Waals surface area contributed by atoms with Gasteiger partial charge in [-0.3, -0.25) is 19.7 Å². The molecule has 0 bridgehead atoms. The van der Waals surface area contributed by atoms with Gasteiger partial charge >= 0.3 is 6.09 Å². The van der Waals surface area contributed by atoms with Crippen LogP contribution in [0.1, 0.15) is 87.2 Å². The summed E-state index contributed by atoms with van der Waals surface area (Å²) in [5, 5.41) is 2.28. The van der Waals surface area contributed by atoms with E-state index < -0.39 is 29.3 Å². The molecule has 1 aliphatic carbocycles. The Bertz CT molecular complexity index is 1190. The summed E-state index contributed by atoms with van der Waals surface area (Å²) < 4.78 is 21.8. The topological polar surface area (TPSA) is 96.0 Å². The first-order chi connectivity index (χ1) is 17.5. The molecule has 0 aromatic heterocycles. The summed E-state index contributed by atoms with van der Waals surface area (Å²) in [5.74, 6) is -1.71. The third kappa shape index (κ3) is 4.64. The third-order valence-electron chi connectivity index (χ3n) is 7.98. The van der Waals surface area contributed by atoms with Crippen molar-refractivity contribution in [3.8, 4) is 0 Å². The van der Waals surface area contributed by atoms with Gasteiger partial charge in [0.05, 0.1) is 6.54 Å². The average Bonchev–Trinajstić information content (AvgIpc) is 3.16. The number of nitrogens with one attached hydrogen (secondary N) is 1. The molecular formula is C28H34FN3O5. The summed E-state index contributed by atoms with van der Waals surface area (Å²) in [6.45, 7) is 6.29. The van der Waals surface area contributed by atoms with Crippen LogP contribution in [-0.4, -0.2) is 58.3 Å². The van der Waals surface area contributed by atoms with E-state index in [1.807, 2.05) is 26.8 Å². The van der Waals surface area contributed by atoms with E-state index in [4.69, 9.17) is 4.74 Å². The van der Waals surface area contributed by atoms with Crippen LogP contribution in [0.2, 0.25) is 0 Å². The Morgan fingerprint density at radius 2 is 1.81 bits per heavy atom. The van der Waals surface area contributed by atoms with Gasteiger partial charge in [0.1, 0.15) is 17.5 Å². The summed E-state index contributed by atoms with van der Waals surface area (Å²) >= 11 is 0. The number of piperidine rings is 1. The average molecular weight is 512 g/mol. The number of ether oxygens (including phenoxy) is 1. The minimum Gasteiger partial charge on any atom is -0.444 e. The van der Waals surface area contributed by atoms with Crippen LogP contribution in [0.3, 0.4) is 0 Å². The Kier molecular flexibility index (Phi) is 6.36. The first kappa shape index (κ1) is 25.4. The molecule has 2 fully saturated rings. The zero-order chi connectivity index (χ0) is 26.5. The monoisotopic (exact) mass is 511 g/mol. The van der Waals surface area contributed by atoms with E-state index in [2.05, 4.69) is 5.32 Å². The number of hydrogen-bond acceptors (Lipinski definition) is 5. The number of benzene rings is 1. The maximum absolute atomic E-state index is 16.2. The quantitative estimate of drug-likeness (QED) is 0.602. The van der Waals surface area contributed by atoms with Gasteiger partial charge in [-0.25, -0.2) is 9.18 Å². The Balaban J connectivity index is 1.46. The molecule has 1 atom stereocenters. The van der Waals surface area contributed by atoms with Gasteiger partial charge in [0.2, 0.25) is 11.8 Å². The minimum atomic E-state index is -0.790. The highest BCUT2D eigenvalue weighted by Crippen LogP contribution is 2.50. The van der Waals surface area contributed by atoms with Crippen molar-refractivity contribution in [3.63, 3.8) is 0 Å². The molecule has 0 radical (unpaired) electrons. The van der Waals surface area contributed by atoms with E-state index in [0.29, 0.717) is 18.7 Å². The Hall–Kier alpha value is -3.23. The van der Waals surface area contributed by atoms with Crippen molar-refractivity contribution in [2.24, 2.45) is 5.41 Å². The van der Waals surface area contributed by atoms with E-state index in [9.17, 15) is 19.2 Å². The fourth-order valence-electron chi connectivity index (χ4n) is 6.26. The SMILES string of the molecule is CC(C)(C)OC(=O)N1CC=C(c2ccc3c(c2F)CN(C2CCC(=O)NC2=O)C3=O)C2(CCCCC2)C1. The lowest BCUT2D eigenvalue weighted by Gasteiger charge is -2.46. The summed E-state index contributed by atoms with van der Waals surface area (Å²) in [5.41, 5.74) is 0.910. The Labute approximate surface area is 216 Å². The van der Waals surface area contributed by atoms with Gasteiger partial charge in [-0.2, -0.15) is 0 Å². The van der Waals surface area contributed by atoms with Crippen LogP contribution in [-0.2, 0) is 20.9 Å². The molecule has 9 heteroatoms. The van der Waals surface area contributed by atoms with Gasteiger partial charge in [0.15, 0.2) is 0 Å². The van der Waals surface area contributed by atoms with Crippen LogP contribution < -0.4 is 5.32 Å². The van der Waals surface area contributed by atoms with Gasteiger partial charge in [-0.15, -0.1) is 0 Å². The van der Waals surface area contributed by atoms with Crippen molar-refractivity contribution in [3.05, 3.63) is 40.7 Å². The van der Waals surface area contributed by atoms with Gasteiger partial charge in [0, 0.05) is 41.6 Å². The molecule has 1 saturated heterocycles. The number of amides is 4. The first-order valence-corrected chi connectivity index (χ1v) is 13.1. The van der Waals surface area contributed by atoms with Crippen molar-refractivity contribution >= 4 is 29.4 Å². The fraction of sp³-hybridized carbons (Fsp3) is 0.571. The van der Waals surface area contributed by atoms with Crippen molar-refractivity contribution in [2.45, 2.75) is 83.9 Å². The third-order valence-corrected chi connectivity index (χ3v) is 7.98. The molecule has 198 valence electrons. The largest absolute Gasteiger partial charge is 0.444 e. The summed E-state index contributed by atoms with van der Waals surface area (Å²) in [6.07, 6.45) is 6.73. The molecule has 3 heterocycles. The molecule has 1 spiro atoms. The van der Waals surface area contributed by atoms with Crippen LogP contribution in [0.25, 0.3) is 5.57 Å². The predicted molar refractivity (Wildman–Crippen MR) is 134 cm³/mol. The number of fused-ring (bicyclic) bond motifs is 1. The van der Waals surface area contributed by atoms with E-state index >= 15 is 4.39 Å². The van der Waals surface area contributed by atoms with E-state index in [1.54, 1.807) is 17.0 Å². The normalized spacial score (nSPS) is 23.6. The first-order valence-electron chi connectivity index (χ1n) is 13.1. The predicted octanol–water partition coefficient (Wildman–Crippen LogP) is 4.17. The summed E-state index contributed by atoms with van der Waals surface area (Å²) in [6, 6.07) is 2.53. The van der Waals surface area contributed by atoms with Gasteiger partial charge in [0.25, 0.3) is 5.91 Å². The number of carbonyl (C=O) groups excluding carboxylic acids is 4.